The van der Waals surface area contributed by atoms with Crippen molar-refractivity contribution in [3.05, 3.63) is 0 Å². The van der Waals surface area contributed by atoms with Crippen molar-refractivity contribution in [1.82, 2.24) is 9.80 Å². The van der Waals surface area contributed by atoms with Gasteiger partial charge in [0.25, 0.3) is 0 Å². The summed E-state index contributed by atoms with van der Waals surface area (Å²) in [5.41, 5.74) is 5.74. The Morgan fingerprint density at radius 3 is 2.63 bits per heavy atom. The van der Waals surface area contributed by atoms with Gasteiger partial charge in [-0.05, 0) is 31.3 Å². The summed E-state index contributed by atoms with van der Waals surface area (Å²) in [6.07, 6.45) is 2.29. The first kappa shape index (κ1) is 16.1. The first-order valence-corrected chi connectivity index (χ1v) is 7.15. The monoisotopic (exact) mass is 269 g/mol. The second-order valence-corrected chi connectivity index (χ2v) is 6.12. The largest absolute Gasteiger partial charge is 0.330 e. The summed E-state index contributed by atoms with van der Waals surface area (Å²) in [5.74, 6) is -0.0942. The van der Waals surface area contributed by atoms with Crippen molar-refractivity contribution in [2.24, 2.45) is 11.1 Å². The molecule has 0 saturated carbocycles. The summed E-state index contributed by atoms with van der Waals surface area (Å²) in [6.45, 7) is 9.42. The van der Waals surface area contributed by atoms with Gasteiger partial charge in [0.05, 0.1) is 6.54 Å². The molecule has 1 heterocycles. The van der Waals surface area contributed by atoms with Gasteiger partial charge in [-0.3, -0.25) is 19.4 Å². The second-order valence-electron chi connectivity index (χ2n) is 6.12. The number of nitrogens with two attached hydrogens (primary N) is 1. The van der Waals surface area contributed by atoms with Gasteiger partial charge in [0.15, 0.2) is 0 Å². The molecule has 5 nitrogen and oxygen atoms in total. The zero-order valence-electron chi connectivity index (χ0n) is 12.4. The fourth-order valence-electron chi connectivity index (χ4n) is 2.39. The van der Waals surface area contributed by atoms with Gasteiger partial charge < -0.3 is 5.73 Å². The Hall–Kier alpha value is -0.940. The first-order valence-electron chi connectivity index (χ1n) is 7.15. The van der Waals surface area contributed by atoms with Crippen molar-refractivity contribution in [3.63, 3.8) is 0 Å². The van der Waals surface area contributed by atoms with E-state index in [0.717, 1.165) is 25.9 Å². The first-order chi connectivity index (χ1) is 8.89. The molecule has 2 amide bonds. The fourth-order valence-corrected chi connectivity index (χ4v) is 2.39. The average Bonchev–Trinajstić information content (AvgIpc) is 2.75. The molecule has 0 aromatic rings. The molecule has 0 aromatic heterocycles. The number of carbonyl (C=O) groups excluding carboxylic acids is 2. The van der Waals surface area contributed by atoms with Crippen LogP contribution < -0.4 is 5.73 Å². The maximum atomic E-state index is 12.1. The highest BCUT2D eigenvalue weighted by atomic mass is 16.2. The van der Waals surface area contributed by atoms with Crippen LogP contribution in [0.1, 0.15) is 40.0 Å². The molecule has 1 aliphatic rings. The number of nitrogens with zero attached hydrogens (tertiary/aromatic N) is 2. The fraction of sp³-hybridized carbons (Fsp3) is 0.857. The second kappa shape index (κ2) is 7.01. The van der Waals surface area contributed by atoms with Crippen LogP contribution in [0.25, 0.3) is 0 Å². The number of hydrogen-bond acceptors (Lipinski definition) is 4. The predicted octanol–water partition coefficient (Wildman–Crippen LogP) is 0.832. The molecule has 1 aliphatic heterocycles. The topological polar surface area (TPSA) is 66.6 Å². The van der Waals surface area contributed by atoms with Crippen LogP contribution in [0.3, 0.4) is 0 Å². The van der Waals surface area contributed by atoms with Crippen LogP contribution in [0.2, 0.25) is 0 Å². The van der Waals surface area contributed by atoms with Gasteiger partial charge in [-0.15, -0.1) is 0 Å². The highest BCUT2D eigenvalue weighted by Gasteiger charge is 2.28. The SMILES string of the molecule is CCCN(CC(=O)N1CCCC1=O)CC(C)(C)CN. The van der Waals surface area contributed by atoms with E-state index in [9.17, 15) is 9.59 Å². The van der Waals surface area contributed by atoms with Gasteiger partial charge in [0.2, 0.25) is 11.8 Å². The van der Waals surface area contributed by atoms with Crippen LogP contribution in [-0.4, -0.2) is 54.3 Å². The molecule has 1 fully saturated rings. The summed E-state index contributed by atoms with van der Waals surface area (Å²) < 4.78 is 0. The lowest BCUT2D eigenvalue weighted by Gasteiger charge is -2.32. The summed E-state index contributed by atoms with van der Waals surface area (Å²) in [5, 5.41) is 0. The zero-order chi connectivity index (χ0) is 14.5. The Bertz CT molecular complexity index is 329. The number of carbonyl (C=O) groups is 2. The normalized spacial score (nSPS) is 16.5. The van der Waals surface area contributed by atoms with Crippen LogP contribution in [0.15, 0.2) is 0 Å². The van der Waals surface area contributed by atoms with Crippen molar-refractivity contribution in [1.29, 1.82) is 0 Å². The van der Waals surface area contributed by atoms with Crippen LogP contribution in [0.4, 0.5) is 0 Å². The smallest absolute Gasteiger partial charge is 0.243 e. The standard InChI is InChI=1S/C14H27N3O2/c1-4-7-16(11-14(2,3)10-15)9-13(19)17-8-5-6-12(17)18/h4-11,15H2,1-3H3. The van der Waals surface area contributed by atoms with Crippen LogP contribution >= 0.6 is 0 Å². The molecule has 0 spiro atoms. The summed E-state index contributed by atoms with van der Waals surface area (Å²) in [7, 11) is 0. The molecule has 2 N–H and O–H groups in total. The van der Waals surface area contributed by atoms with Gasteiger partial charge in [-0.25, -0.2) is 0 Å². The molecule has 1 saturated heterocycles. The van der Waals surface area contributed by atoms with Gasteiger partial charge in [0.1, 0.15) is 0 Å². The molecule has 0 atom stereocenters. The quantitative estimate of drug-likeness (QED) is 0.743. The molecule has 0 bridgehead atoms. The molecular formula is C14H27N3O2. The third kappa shape index (κ3) is 4.91. The van der Waals surface area contributed by atoms with Gasteiger partial charge >= 0.3 is 0 Å². The molecule has 0 aliphatic carbocycles. The van der Waals surface area contributed by atoms with Crippen molar-refractivity contribution in [3.8, 4) is 0 Å². The lowest BCUT2D eigenvalue weighted by Crippen LogP contribution is -2.45. The summed E-state index contributed by atoms with van der Waals surface area (Å²) >= 11 is 0. The van der Waals surface area contributed by atoms with Crippen molar-refractivity contribution in [2.45, 2.75) is 40.0 Å². The van der Waals surface area contributed by atoms with E-state index in [1.807, 2.05) is 0 Å². The van der Waals surface area contributed by atoms with Crippen molar-refractivity contribution in [2.75, 3.05) is 32.7 Å². The van der Waals surface area contributed by atoms with Crippen LogP contribution in [0, 0.1) is 5.41 Å². The molecular weight excluding hydrogens is 242 g/mol. The van der Waals surface area contributed by atoms with Crippen LogP contribution in [-0.2, 0) is 9.59 Å². The van der Waals surface area contributed by atoms with E-state index in [1.165, 1.54) is 4.90 Å². The zero-order valence-corrected chi connectivity index (χ0v) is 12.4. The van der Waals surface area contributed by atoms with Gasteiger partial charge in [0, 0.05) is 19.5 Å². The Morgan fingerprint density at radius 2 is 2.16 bits per heavy atom. The summed E-state index contributed by atoms with van der Waals surface area (Å²) in [4.78, 5) is 27.2. The number of rotatable bonds is 7. The maximum Gasteiger partial charge on any atom is 0.243 e. The molecule has 19 heavy (non-hydrogen) atoms. The van der Waals surface area contributed by atoms with E-state index in [0.29, 0.717) is 26.1 Å². The highest BCUT2D eigenvalue weighted by Crippen LogP contribution is 2.16. The number of likely N-dealkylation sites (tertiary alicyclic amines) is 1. The molecule has 0 radical (unpaired) electrons. The third-order valence-corrected chi connectivity index (χ3v) is 3.48. The summed E-state index contributed by atoms with van der Waals surface area (Å²) in [6, 6.07) is 0. The lowest BCUT2D eigenvalue weighted by atomic mass is 9.93. The van der Waals surface area contributed by atoms with Gasteiger partial charge in [-0.2, -0.15) is 0 Å². The molecule has 5 heteroatoms. The minimum absolute atomic E-state index is 0.00946. The maximum absolute atomic E-state index is 12.1. The molecule has 110 valence electrons. The van der Waals surface area contributed by atoms with E-state index in [2.05, 4.69) is 25.7 Å². The lowest BCUT2D eigenvalue weighted by molar-refractivity contribution is -0.142. The van der Waals surface area contributed by atoms with E-state index < -0.39 is 0 Å². The number of hydrogen-bond donors (Lipinski definition) is 1. The number of amides is 2. The molecule has 0 aromatic carbocycles. The van der Waals surface area contributed by atoms with E-state index in [-0.39, 0.29) is 17.2 Å². The Balaban J connectivity index is 2.57. The van der Waals surface area contributed by atoms with Crippen LogP contribution in [0.5, 0.6) is 0 Å². The van der Waals surface area contributed by atoms with Crippen molar-refractivity contribution < 1.29 is 9.59 Å². The third-order valence-electron chi connectivity index (χ3n) is 3.48. The Labute approximate surface area is 116 Å². The Kier molecular flexibility index (Phi) is 5.94. The molecule has 1 rings (SSSR count). The highest BCUT2D eigenvalue weighted by molar-refractivity contribution is 5.97. The van der Waals surface area contributed by atoms with E-state index >= 15 is 0 Å². The van der Waals surface area contributed by atoms with E-state index in [1.54, 1.807) is 0 Å². The predicted molar refractivity (Wildman–Crippen MR) is 75.5 cm³/mol. The minimum atomic E-state index is -0.0660. The van der Waals surface area contributed by atoms with Crippen molar-refractivity contribution >= 4 is 11.8 Å². The van der Waals surface area contributed by atoms with Gasteiger partial charge in [-0.1, -0.05) is 20.8 Å². The average molecular weight is 269 g/mol. The minimum Gasteiger partial charge on any atom is -0.330 e. The number of imide groups is 1. The van der Waals surface area contributed by atoms with E-state index in [4.69, 9.17) is 5.73 Å². The Morgan fingerprint density at radius 1 is 1.47 bits per heavy atom. The molecule has 0 unspecified atom stereocenters.